The predicted octanol–water partition coefficient (Wildman–Crippen LogP) is 19.2. The Balaban J connectivity index is 0.000000227. The molecule has 0 saturated carbocycles. The lowest BCUT2D eigenvalue weighted by Gasteiger charge is -2.25. The molecule has 7 N–H and O–H groups in total. The number of nitrogens with zero attached hydrogens (tertiary/aromatic N) is 3. The summed E-state index contributed by atoms with van der Waals surface area (Å²) in [6.07, 6.45) is 2.17. The molecular weight excluding hydrogens is 1710 g/mol. The van der Waals surface area contributed by atoms with E-state index in [1.165, 1.54) is 65.7 Å². The van der Waals surface area contributed by atoms with Crippen LogP contribution in [0.5, 0.6) is 28.7 Å². The van der Waals surface area contributed by atoms with Crippen molar-refractivity contribution in [2.45, 2.75) is 175 Å². The summed E-state index contributed by atoms with van der Waals surface area (Å²) in [7, 11) is 7.61. The third-order valence-corrected chi connectivity index (χ3v) is 22.2. The minimum absolute atomic E-state index is 0.0223. The van der Waals surface area contributed by atoms with Crippen LogP contribution in [0.4, 0.5) is 42.8 Å². The molecule has 5 aromatic carbocycles. The van der Waals surface area contributed by atoms with Crippen molar-refractivity contribution in [3.63, 3.8) is 0 Å². The SMILES string of the molecule is COc1c(Cl)c(Cl)c2c(c1Cl)C(CCNC(C)=O)CN2.COc1c(Cl)c(Cl)c2c(c1Cl)C(CCNC(C)=O)CN2C(=O)OC(C)(C)C.COc1c(Cl)cc2c(c1Cl)C(CCNC(C)=O)CN2.COc1c(Cl)cc2c(c1Cl)C(CCNC(C)=O)CN2C(=O)OC(C)(C)C.COc1ccc2c(c1)C(CCNC(C)=O)CN2C(=O)OC(C)(C)C. The van der Waals surface area contributed by atoms with Crippen molar-refractivity contribution in [1.29, 1.82) is 0 Å². The average Bonchev–Trinajstić information content (AvgIpc) is 1.53. The Hall–Kier alpha value is -7.24. The van der Waals surface area contributed by atoms with Gasteiger partial charge in [0.2, 0.25) is 29.5 Å². The van der Waals surface area contributed by atoms with Gasteiger partial charge in [-0.1, -0.05) is 116 Å². The molecule has 5 atom stereocenters. The number of benzene rings is 5. The van der Waals surface area contributed by atoms with E-state index in [1.807, 2.05) is 65.8 Å². The number of anilines is 5. The number of hydrogen-bond acceptors (Lipinski definition) is 18. The number of halogens is 10. The minimum Gasteiger partial charge on any atom is -0.497 e. The highest BCUT2D eigenvalue weighted by Gasteiger charge is 2.43. The molecule has 5 heterocycles. The average molecular weight is 1820 g/mol. The molecule has 640 valence electrons. The zero-order valence-corrected chi connectivity index (χ0v) is 76.1. The zero-order valence-electron chi connectivity index (χ0n) is 68.5. The Kier molecular flexibility index (Phi) is 36.3. The van der Waals surface area contributed by atoms with Gasteiger partial charge < -0.3 is 75.1 Å². The maximum Gasteiger partial charge on any atom is 0.414 e. The fraction of sp³-hybridized carbons (Fsp3) is 0.525. The number of amides is 8. The first-order valence-electron chi connectivity index (χ1n) is 37.2. The van der Waals surface area contributed by atoms with E-state index in [4.69, 9.17) is 154 Å². The molecule has 5 unspecified atom stereocenters. The van der Waals surface area contributed by atoms with Crippen LogP contribution in [0.2, 0.25) is 50.2 Å². The summed E-state index contributed by atoms with van der Waals surface area (Å²) in [5, 5.41) is 24.0. The number of carbonyl (C=O) groups excluding carboxylic acids is 8. The minimum atomic E-state index is -0.669. The molecule has 36 heteroatoms. The first-order chi connectivity index (χ1) is 54.2. The lowest BCUT2D eigenvalue weighted by atomic mass is 9.97. The smallest absolute Gasteiger partial charge is 0.414 e. The van der Waals surface area contributed by atoms with Gasteiger partial charge in [-0.25, -0.2) is 14.4 Å². The largest absolute Gasteiger partial charge is 0.497 e. The van der Waals surface area contributed by atoms with Crippen molar-refractivity contribution < 1.29 is 76.3 Å². The van der Waals surface area contributed by atoms with Gasteiger partial charge in [-0.15, -0.1) is 0 Å². The zero-order chi connectivity index (χ0) is 86.9. The molecule has 8 amide bonds. The van der Waals surface area contributed by atoms with Crippen LogP contribution < -0.4 is 75.6 Å². The molecule has 0 saturated heterocycles. The Bertz CT molecular complexity index is 4420. The van der Waals surface area contributed by atoms with Gasteiger partial charge in [0.05, 0.1) is 98.5 Å². The third kappa shape index (κ3) is 25.9. The Morgan fingerprint density at radius 3 is 1.17 bits per heavy atom. The first kappa shape index (κ1) is 97.6. The van der Waals surface area contributed by atoms with E-state index >= 15 is 0 Å². The molecule has 116 heavy (non-hydrogen) atoms. The third-order valence-electron chi connectivity index (χ3n) is 18.4. The molecule has 0 fully saturated rings. The fourth-order valence-electron chi connectivity index (χ4n) is 13.5. The molecule has 0 spiro atoms. The monoisotopic (exact) mass is 1810 g/mol. The van der Waals surface area contributed by atoms with Gasteiger partial charge in [0, 0.05) is 158 Å². The van der Waals surface area contributed by atoms with Crippen LogP contribution in [0, 0.1) is 0 Å². The van der Waals surface area contributed by atoms with Gasteiger partial charge in [-0.3, -0.25) is 38.7 Å². The second-order valence-electron chi connectivity index (χ2n) is 30.6. The van der Waals surface area contributed by atoms with Crippen LogP contribution in [0.25, 0.3) is 0 Å². The van der Waals surface area contributed by atoms with Crippen molar-refractivity contribution in [2.75, 3.05) is 126 Å². The number of ether oxygens (including phenoxy) is 8. The number of hydrogen-bond donors (Lipinski definition) is 7. The van der Waals surface area contributed by atoms with Crippen LogP contribution in [0.15, 0.2) is 30.3 Å². The highest BCUT2D eigenvalue weighted by atomic mass is 35.5. The molecule has 10 rings (SSSR count). The van der Waals surface area contributed by atoms with E-state index < -0.39 is 29.0 Å². The highest BCUT2D eigenvalue weighted by Crippen LogP contribution is 2.56. The number of rotatable bonds is 20. The number of nitrogens with one attached hydrogen (secondary N) is 7. The van der Waals surface area contributed by atoms with E-state index in [1.54, 1.807) is 46.0 Å². The van der Waals surface area contributed by atoms with Gasteiger partial charge in [0.25, 0.3) is 0 Å². The van der Waals surface area contributed by atoms with Crippen LogP contribution in [-0.4, -0.2) is 166 Å². The summed E-state index contributed by atoms with van der Waals surface area (Å²) in [6.45, 7) is 29.2. The molecule has 26 nitrogen and oxygen atoms in total. The molecule has 0 aliphatic carbocycles. The summed E-state index contributed by atoms with van der Waals surface area (Å²) >= 11 is 63.3. The first-order valence-corrected chi connectivity index (χ1v) is 41.0. The van der Waals surface area contributed by atoms with E-state index in [2.05, 4.69) is 37.2 Å². The topological polar surface area (TPSA) is 304 Å². The lowest BCUT2D eigenvalue weighted by molar-refractivity contribution is -0.119. The van der Waals surface area contributed by atoms with Gasteiger partial charge in [0.15, 0.2) is 23.0 Å². The molecule has 0 bridgehead atoms. The Morgan fingerprint density at radius 2 is 0.733 bits per heavy atom. The van der Waals surface area contributed by atoms with Crippen molar-refractivity contribution in [2.24, 2.45) is 0 Å². The van der Waals surface area contributed by atoms with Gasteiger partial charge >= 0.3 is 18.3 Å². The van der Waals surface area contributed by atoms with Crippen LogP contribution in [0.1, 0.15) is 186 Å². The molecule has 5 aliphatic heterocycles. The number of methoxy groups -OCH3 is 5. The summed E-state index contributed by atoms with van der Waals surface area (Å²) < 4.78 is 42.9. The highest BCUT2D eigenvalue weighted by molar-refractivity contribution is 6.48. The molecule has 5 aromatic rings. The normalized spacial score (nSPS) is 16.4. The van der Waals surface area contributed by atoms with Gasteiger partial charge in [-0.2, -0.15) is 0 Å². The van der Waals surface area contributed by atoms with Gasteiger partial charge in [-0.05, 0) is 130 Å². The number of fused-ring (bicyclic) bond motifs is 5. The van der Waals surface area contributed by atoms with Crippen molar-refractivity contribution in [3.05, 3.63) is 108 Å². The summed E-state index contributed by atoms with van der Waals surface area (Å²) in [5.74, 6) is 2.26. The van der Waals surface area contributed by atoms with Crippen molar-refractivity contribution in [3.8, 4) is 28.7 Å². The van der Waals surface area contributed by atoms with Crippen LogP contribution >= 0.6 is 116 Å². The lowest BCUT2D eigenvalue weighted by Crippen LogP contribution is -2.36. The van der Waals surface area contributed by atoms with Crippen molar-refractivity contribution in [1.82, 2.24) is 26.6 Å². The standard InChI is InChI=1S/C18H23Cl3N2O4.C18H24Cl2N2O4.C18H26N2O4.C13H15Cl3N2O2.C13H16Cl2N2O2/c1-9(24)22-7-6-10-8-23(17(25)27-18(2,3)4)15-11(10)12(19)16(26-5)14(21)13(15)20;1-10(23)21-7-6-11-9-22(17(24)26-18(2,3)4)13-8-12(19)16(25-5)15(20)14(11)13;1-12(21)19-9-8-13-11-20(17(22)24-18(2,3)4)16-7-6-14(23-5)10-15(13)16;1-6(19)17-4-3-7-5-18-12-8(7)9(14)13(20-2)11(16)10(12)15;1-7(18)16-4-3-8-6-17-10-5-9(14)13(19-2)12(15)11(8)10/h10H,6-8H2,1-5H3,(H,22,24);8,11H,6-7,9H2,1-5H3,(H,21,23);6-7,10,13H,8-9,11H2,1-5H3,(H,19,21);7,18H,3-5H2,1-2H3,(H,17,19);5,8,17H,3-4,6H2,1-2H3,(H,16,18). The molecular formula is C80H104Cl10N10O16. The number of carbonyl (C=O) groups is 8. The van der Waals surface area contributed by atoms with Crippen LogP contribution in [0.3, 0.4) is 0 Å². The van der Waals surface area contributed by atoms with E-state index in [0.29, 0.717) is 146 Å². The molecule has 5 aliphatic rings. The Labute approximate surface area is 728 Å². The van der Waals surface area contributed by atoms with E-state index in [-0.39, 0.29) is 81.0 Å². The summed E-state index contributed by atoms with van der Waals surface area (Å²) in [5.41, 5.74) is 6.18. The summed E-state index contributed by atoms with van der Waals surface area (Å²) in [6, 6.07) is 9.19. The Morgan fingerprint density at radius 1 is 0.379 bits per heavy atom. The quantitative estimate of drug-likeness (QED) is 0.0281. The second-order valence-corrected chi connectivity index (χ2v) is 34.4. The van der Waals surface area contributed by atoms with Gasteiger partial charge in [0.1, 0.15) is 32.6 Å². The van der Waals surface area contributed by atoms with Crippen molar-refractivity contribution >= 4 is 192 Å². The maximum absolute atomic E-state index is 12.7. The predicted molar refractivity (Wildman–Crippen MR) is 463 cm³/mol. The molecule has 0 aromatic heterocycles. The second kappa shape index (κ2) is 43.1. The fourth-order valence-corrected chi connectivity index (χ4v) is 17.0. The van der Waals surface area contributed by atoms with E-state index in [0.717, 1.165) is 70.9 Å². The van der Waals surface area contributed by atoms with E-state index in [9.17, 15) is 38.4 Å². The van der Waals surface area contributed by atoms with Crippen LogP contribution in [-0.2, 0) is 38.2 Å². The molecule has 0 radical (unpaired) electrons. The summed E-state index contributed by atoms with van der Waals surface area (Å²) in [4.78, 5) is 97.7. The maximum atomic E-state index is 12.7.